The molecule has 94 valence electrons. The van der Waals surface area contributed by atoms with Gasteiger partial charge in [-0.3, -0.25) is 0 Å². The monoisotopic (exact) mass is 241 g/mol. The first kappa shape index (κ1) is 11.7. The van der Waals surface area contributed by atoms with Gasteiger partial charge in [0.05, 0.1) is 5.60 Å². The van der Waals surface area contributed by atoms with Crippen LogP contribution in [0.15, 0.2) is 42.5 Å². The molecule has 0 spiro atoms. The van der Waals surface area contributed by atoms with E-state index in [0.29, 0.717) is 6.42 Å². The van der Waals surface area contributed by atoms with E-state index in [4.69, 9.17) is 5.73 Å². The van der Waals surface area contributed by atoms with Crippen LogP contribution in [-0.4, -0.2) is 16.7 Å². The molecule has 0 heterocycles. The van der Waals surface area contributed by atoms with Crippen molar-refractivity contribution in [3.63, 3.8) is 0 Å². The molecule has 2 atom stereocenters. The molecule has 0 saturated heterocycles. The summed E-state index contributed by atoms with van der Waals surface area (Å²) < 4.78 is 0. The fraction of sp³-hybridized carbons (Fsp3) is 0.375. The van der Waals surface area contributed by atoms with Gasteiger partial charge in [0.25, 0.3) is 0 Å². The summed E-state index contributed by atoms with van der Waals surface area (Å²) in [7, 11) is 0. The SMILES string of the molecule is NC1CCC(O)(Cc2cccc3ccccc23)C1. The molecule has 2 aromatic carbocycles. The zero-order chi connectivity index (χ0) is 12.6. The molecule has 1 aliphatic rings. The fourth-order valence-electron chi connectivity index (χ4n) is 3.11. The van der Waals surface area contributed by atoms with Crippen molar-refractivity contribution in [3.05, 3.63) is 48.0 Å². The van der Waals surface area contributed by atoms with Gasteiger partial charge in [0.2, 0.25) is 0 Å². The smallest absolute Gasteiger partial charge is 0.0703 e. The first-order valence-electron chi connectivity index (χ1n) is 6.61. The van der Waals surface area contributed by atoms with E-state index in [0.717, 1.165) is 19.3 Å². The molecule has 1 aliphatic carbocycles. The van der Waals surface area contributed by atoms with Crippen molar-refractivity contribution in [1.29, 1.82) is 0 Å². The predicted octanol–water partition coefficient (Wildman–Crippen LogP) is 2.62. The summed E-state index contributed by atoms with van der Waals surface area (Å²) in [6.07, 6.45) is 3.18. The Bertz CT molecular complexity index is 561. The predicted molar refractivity (Wildman–Crippen MR) is 74.4 cm³/mol. The Balaban J connectivity index is 1.95. The number of nitrogens with two attached hydrogens (primary N) is 1. The van der Waals surface area contributed by atoms with E-state index in [9.17, 15) is 5.11 Å². The zero-order valence-electron chi connectivity index (χ0n) is 10.5. The van der Waals surface area contributed by atoms with E-state index in [2.05, 4.69) is 36.4 Å². The fourth-order valence-corrected chi connectivity index (χ4v) is 3.11. The van der Waals surface area contributed by atoms with E-state index >= 15 is 0 Å². The van der Waals surface area contributed by atoms with E-state index < -0.39 is 5.60 Å². The summed E-state index contributed by atoms with van der Waals surface area (Å²) >= 11 is 0. The van der Waals surface area contributed by atoms with Crippen LogP contribution in [0.1, 0.15) is 24.8 Å². The second-order valence-corrected chi connectivity index (χ2v) is 5.54. The Kier molecular flexibility index (Phi) is 2.84. The number of fused-ring (bicyclic) bond motifs is 1. The van der Waals surface area contributed by atoms with Crippen molar-refractivity contribution < 1.29 is 5.11 Å². The van der Waals surface area contributed by atoms with Crippen LogP contribution in [0.4, 0.5) is 0 Å². The summed E-state index contributed by atoms with van der Waals surface area (Å²) in [5.74, 6) is 0. The van der Waals surface area contributed by atoms with Gasteiger partial charge in [0.1, 0.15) is 0 Å². The topological polar surface area (TPSA) is 46.2 Å². The van der Waals surface area contributed by atoms with Crippen molar-refractivity contribution in [2.24, 2.45) is 5.73 Å². The highest BCUT2D eigenvalue weighted by atomic mass is 16.3. The van der Waals surface area contributed by atoms with Crippen molar-refractivity contribution in [1.82, 2.24) is 0 Å². The standard InChI is InChI=1S/C16H19NO/c17-14-8-9-16(18,11-14)10-13-6-3-5-12-4-1-2-7-15(12)13/h1-7,14,18H,8-11,17H2. The van der Waals surface area contributed by atoms with E-state index in [1.807, 2.05) is 6.07 Å². The van der Waals surface area contributed by atoms with Crippen molar-refractivity contribution >= 4 is 10.8 Å². The molecule has 2 aromatic rings. The molecule has 3 N–H and O–H groups in total. The maximum Gasteiger partial charge on any atom is 0.0703 e. The minimum Gasteiger partial charge on any atom is -0.389 e. The van der Waals surface area contributed by atoms with Crippen LogP contribution in [0.5, 0.6) is 0 Å². The van der Waals surface area contributed by atoms with Gasteiger partial charge in [0, 0.05) is 12.5 Å². The molecule has 3 rings (SSSR count). The highest BCUT2D eigenvalue weighted by molar-refractivity contribution is 5.85. The first-order chi connectivity index (χ1) is 8.66. The minimum absolute atomic E-state index is 0.157. The van der Waals surface area contributed by atoms with Gasteiger partial charge in [0.15, 0.2) is 0 Å². The van der Waals surface area contributed by atoms with Crippen molar-refractivity contribution in [3.8, 4) is 0 Å². The highest BCUT2D eigenvalue weighted by Crippen LogP contribution is 2.33. The van der Waals surface area contributed by atoms with E-state index in [1.54, 1.807) is 0 Å². The third-order valence-electron chi connectivity index (χ3n) is 4.02. The van der Waals surface area contributed by atoms with E-state index in [1.165, 1.54) is 16.3 Å². The van der Waals surface area contributed by atoms with Crippen LogP contribution in [0.2, 0.25) is 0 Å². The quantitative estimate of drug-likeness (QED) is 0.849. The zero-order valence-corrected chi connectivity index (χ0v) is 10.5. The Labute approximate surface area is 107 Å². The summed E-state index contributed by atoms with van der Waals surface area (Å²) in [5.41, 5.74) is 6.54. The highest BCUT2D eigenvalue weighted by Gasteiger charge is 2.35. The molecule has 0 aromatic heterocycles. The van der Waals surface area contributed by atoms with Crippen LogP contribution >= 0.6 is 0 Å². The minimum atomic E-state index is -0.608. The number of aliphatic hydroxyl groups is 1. The van der Waals surface area contributed by atoms with Gasteiger partial charge in [-0.2, -0.15) is 0 Å². The third kappa shape index (κ3) is 2.14. The van der Waals surface area contributed by atoms with Crippen molar-refractivity contribution in [2.75, 3.05) is 0 Å². The number of benzene rings is 2. The lowest BCUT2D eigenvalue weighted by molar-refractivity contribution is 0.0472. The molecular weight excluding hydrogens is 222 g/mol. The van der Waals surface area contributed by atoms with Gasteiger partial charge in [-0.15, -0.1) is 0 Å². The molecule has 2 nitrogen and oxygen atoms in total. The van der Waals surface area contributed by atoms with Crippen LogP contribution in [-0.2, 0) is 6.42 Å². The third-order valence-corrected chi connectivity index (χ3v) is 4.02. The van der Waals surface area contributed by atoms with Crippen LogP contribution < -0.4 is 5.73 Å². The van der Waals surface area contributed by atoms with Gasteiger partial charge >= 0.3 is 0 Å². The molecule has 0 radical (unpaired) electrons. The molecule has 1 fully saturated rings. The molecule has 2 heteroatoms. The Morgan fingerprint density at radius 3 is 2.72 bits per heavy atom. The lowest BCUT2D eigenvalue weighted by Crippen LogP contribution is -2.30. The lowest BCUT2D eigenvalue weighted by atomic mass is 9.90. The van der Waals surface area contributed by atoms with Gasteiger partial charge in [-0.25, -0.2) is 0 Å². The molecular formula is C16H19NO. The summed E-state index contributed by atoms with van der Waals surface area (Å²) in [4.78, 5) is 0. The number of hydrogen-bond donors (Lipinski definition) is 2. The average molecular weight is 241 g/mol. The summed E-state index contributed by atoms with van der Waals surface area (Å²) in [5, 5.41) is 13.1. The Morgan fingerprint density at radius 2 is 1.94 bits per heavy atom. The molecule has 2 unspecified atom stereocenters. The van der Waals surface area contributed by atoms with Gasteiger partial charge in [-0.1, -0.05) is 42.5 Å². The summed E-state index contributed by atoms with van der Waals surface area (Å²) in [6.45, 7) is 0. The molecule has 0 aliphatic heterocycles. The van der Waals surface area contributed by atoms with Gasteiger partial charge < -0.3 is 10.8 Å². The largest absolute Gasteiger partial charge is 0.389 e. The molecule has 0 amide bonds. The maximum atomic E-state index is 10.6. The number of rotatable bonds is 2. The second-order valence-electron chi connectivity index (χ2n) is 5.54. The van der Waals surface area contributed by atoms with Crippen LogP contribution in [0, 0.1) is 0 Å². The summed E-state index contributed by atoms with van der Waals surface area (Å²) in [6, 6.07) is 14.8. The number of hydrogen-bond acceptors (Lipinski definition) is 2. The van der Waals surface area contributed by atoms with Crippen LogP contribution in [0.3, 0.4) is 0 Å². The van der Waals surface area contributed by atoms with Gasteiger partial charge in [-0.05, 0) is 35.6 Å². The van der Waals surface area contributed by atoms with Crippen molar-refractivity contribution in [2.45, 2.75) is 37.3 Å². The molecule has 18 heavy (non-hydrogen) atoms. The lowest BCUT2D eigenvalue weighted by Gasteiger charge is -2.23. The maximum absolute atomic E-state index is 10.6. The second kappa shape index (κ2) is 4.38. The Hall–Kier alpha value is -1.38. The Morgan fingerprint density at radius 1 is 1.17 bits per heavy atom. The van der Waals surface area contributed by atoms with Crippen LogP contribution in [0.25, 0.3) is 10.8 Å². The molecule has 0 bridgehead atoms. The first-order valence-corrected chi connectivity index (χ1v) is 6.61. The van der Waals surface area contributed by atoms with E-state index in [-0.39, 0.29) is 6.04 Å². The normalized spacial score (nSPS) is 27.8. The molecule has 1 saturated carbocycles. The average Bonchev–Trinajstić information content (AvgIpc) is 2.70.